The van der Waals surface area contributed by atoms with Crippen LogP contribution in [-0.2, 0) is 0 Å². The van der Waals surface area contributed by atoms with E-state index in [1.54, 1.807) is 0 Å². The number of piperidine rings is 1. The largest absolute Gasteiger partial charge is 0.354 e. The van der Waals surface area contributed by atoms with Gasteiger partial charge in [-0.3, -0.25) is 9.89 Å². The first-order chi connectivity index (χ1) is 8.81. The predicted molar refractivity (Wildman–Crippen MR) is 76.9 cm³/mol. The Balaban J connectivity index is 1.70. The molecule has 4 heteroatoms. The highest BCUT2D eigenvalue weighted by Gasteiger charge is 2.22. The van der Waals surface area contributed by atoms with Crippen molar-refractivity contribution in [1.82, 2.24) is 15.5 Å². The maximum Gasteiger partial charge on any atom is 0.191 e. The van der Waals surface area contributed by atoms with Crippen LogP contribution in [0.5, 0.6) is 0 Å². The van der Waals surface area contributed by atoms with Crippen molar-refractivity contribution in [3.63, 3.8) is 0 Å². The highest BCUT2D eigenvalue weighted by atomic mass is 15.2. The van der Waals surface area contributed by atoms with Crippen molar-refractivity contribution < 1.29 is 0 Å². The first kappa shape index (κ1) is 13.4. The van der Waals surface area contributed by atoms with Gasteiger partial charge in [0.05, 0.1) is 0 Å². The van der Waals surface area contributed by atoms with Gasteiger partial charge in [0.2, 0.25) is 0 Å². The van der Waals surface area contributed by atoms with Crippen LogP contribution in [0, 0.1) is 0 Å². The molecule has 2 aliphatic rings. The Morgan fingerprint density at radius 3 is 2.28 bits per heavy atom. The van der Waals surface area contributed by atoms with Crippen LogP contribution in [0.15, 0.2) is 17.6 Å². The van der Waals surface area contributed by atoms with Crippen molar-refractivity contribution in [3.05, 3.63) is 12.7 Å². The Bertz CT molecular complexity index is 288. The van der Waals surface area contributed by atoms with Gasteiger partial charge in [0.25, 0.3) is 0 Å². The molecule has 1 heterocycles. The second-order valence-corrected chi connectivity index (χ2v) is 5.35. The summed E-state index contributed by atoms with van der Waals surface area (Å²) in [6.45, 7) is 7.13. The fourth-order valence-electron chi connectivity index (χ4n) is 2.55. The minimum absolute atomic E-state index is 0.567. The lowest BCUT2D eigenvalue weighted by Crippen LogP contribution is -2.52. The van der Waals surface area contributed by atoms with E-state index in [2.05, 4.69) is 27.1 Å². The van der Waals surface area contributed by atoms with Gasteiger partial charge in [-0.05, 0) is 32.1 Å². The Morgan fingerprint density at radius 2 is 1.83 bits per heavy atom. The lowest BCUT2D eigenvalue weighted by Gasteiger charge is -2.34. The third-order valence-corrected chi connectivity index (χ3v) is 3.99. The third kappa shape index (κ3) is 3.73. The molecule has 0 atom stereocenters. The lowest BCUT2D eigenvalue weighted by atomic mass is 9.93. The normalized spacial score (nSPS) is 23.5. The van der Waals surface area contributed by atoms with Crippen LogP contribution in [0.3, 0.4) is 0 Å². The van der Waals surface area contributed by atoms with Crippen molar-refractivity contribution in [2.45, 2.75) is 44.2 Å². The van der Waals surface area contributed by atoms with Crippen LogP contribution in [0.1, 0.15) is 32.1 Å². The SMILES string of the molecule is C=CCN1CCC(NC(=NC)NC2CCC2)CC1. The molecule has 0 aromatic heterocycles. The fraction of sp³-hybridized carbons (Fsp3) is 0.786. The van der Waals surface area contributed by atoms with E-state index >= 15 is 0 Å². The van der Waals surface area contributed by atoms with E-state index in [0.717, 1.165) is 25.6 Å². The van der Waals surface area contributed by atoms with Crippen LogP contribution in [0.25, 0.3) is 0 Å². The maximum atomic E-state index is 4.32. The minimum Gasteiger partial charge on any atom is -0.354 e. The second kappa shape index (κ2) is 6.78. The Hall–Kier alpha value is -1.03. The predicted octanol–water partition coefficient (Wildman–Crippen LogP) is 1.35. The molecule has 0 unspecified atom stereocenters. The van der Waals surface area contributed by atoms with Gasteiger partial charge in [-0.2, -0.15) is 0 Å². The summed E-state index contributed by atoms with van der Waals surface area (Å²) in [5.74, 6) is 0.988. The molecule has 1 aliphatic carbocycles. The van der Waals surface area contributed by atoms with Crippen LogP contribution < -0.4 is 10.6 Å². The van der Waals surface area contributed by atoms with E-state index in [1.165, 1.54) is 32.1 Å². The topological polar surface area (TPSA) is 39.7 Å². The monoisotopic (exact) mass is 250 g/mol. The smallest absolute Gasteiger partial charge is 0.191 e. The maximum absolute atomic E-state index is 4.32. The van der Waals surface area contributed by atoms with Crippen molar-refractivity contribution in [1.29, 1.82) is 0 Å². The van der Waals surface area contributed by atoms with E-state index in [0.29, 0.717) is 12.1 Å². The molecular formula is C14H26N4. The van der Waals surface area contributed by atoms with Gasteiger partial charge in [0.15, 0.2) is 5.96 Å². The number of hydrogen-bond donors (Lipinski definition) is 2. The number of guanidine groups is 1. The van der Waals surface area contributed by atoms with Gasteiger partial charge >= 0.3 is 0 Å². The molecule has 0 bridgehead atoms. The first-order valence-electron chi connectivity index (χ1n) is 7.15. The molecule has 0 radical (unpaired) electrons. The average molecular weight is 250 g/mol. The number of nitrogens with one attached hydrogen (secondary N) is 2. The zero-order valence-corrected chi connectivity index (χ0v) is 11.5. The van der Waals surface area contributed by atoms with E-state index in [9.17, 15) is 0 Å². The van der Waals surface area contributed by atoms with Crippen LogP contribution >= 0.6 is 0 Å². The van der Waals surface area contributed by atoms with Crippen molar-refractivity contribution in [2.75, 3.05) is 26.7 Å². The van der Waals surface area contributed by atoms with Gasteiger partial charge < -0.3 is 10.6 Å². The summed E-state index contributed by atoms with van der Waals surface area (Å²) in [6.07, 6.45) is 8.31. The Morgan fingerprint density at radius 1 is 1.22 bits per heavy atom. The standard InChI is InChI=1S/C14H26N4/c1-3-9-18-10-7-13(8-11-18)17-14(15-2)16-12-5-4-6-12/h3,12-13H,1,4-11H2,2H3,(H2,15,16,17). The van der Waals surface area contributed by atoms with Crippen molar-refractivity contribution in [3.8, 4) is 0 Å². The number of hydrogen-bond acceptors (Lipinski definition) is 2. The Labute approximate surface area is 111 Å². The van der Waals surface area contributed by atoms with E-state index in [4.69, 9.17) is 0 Å². The summed E-state index contributed by atoms with van der Waals surface area (Å²) < 4.78 is 0. The van der Waals surface area contributed by atoms with Crippen LogP contribution in [0.4, 0.5) is 0 Å². The summed E-state index contributed by atoms with van der Waals surface area (Å²) in [4.78, 5) is 6.78. The summed E-state index contributed by atoms with van der Waals surface area (Å²) in [5.41, 5.74) is 0. The van der Waals surface area contributed by atoms with Gasteiger partial charge in [-0.1, -0.05) is 6.08 Å². The number of likely N-dealkylation sites (tertiary alicyclic amines) is 1. The van der Waals surface area contributed by atoms with E-state index in [1.807, 2.05) is 13.1 Å². The number of nitrogens with zero attached hydrogens (tertiary/aromatic N) is 2. The molecular weight excluding hydrogens is 224 g/mol. The van der Waals surface area contributed by atoms with Crippen molar-refractivity contribution in [2.24, 2.45) is 4.99 Å². The quantitative estimate of drug-likeness (QED) is 0.449. The van der Waals surface area contributed by atoms with Gasteiger partial charge in [-0.25, -0.2) is 0 Å². The molecule has 1 aliphatic heterocycles. The lowest BCUT2D eigenvalue weighted by molar-refractivity contribution is 0.224. The molecule has 1 saturated heterocycles. The Kier molecular flexibility index (Phi) is 5.05. The molecule has 2 fully saturated rings. The molecule has 1 saturated carbocycles. The van der Waals surface area contributed by atoms with Crippen LogP contribution in [0.2, 0.25) is 0 Å². The van der Waals surface area contributed by atoms with Crippen LogP contribution in [-0.4, -0.2) is 49.6 Å². The van der Waals surface area contributed by atoms with Gasteiger partial charge in [0, 0.05) is 38.8 Å². The highest BCUT2D eigenvalue weighted by molar-refractivity contribution is 5.80. The number of aliphatic imine (C=N–C) groups is 1. The fourth-order valence-corrected chi connectivity index (χ4v) is 2.55. The molecule has 102 valence electrons. The van der Waals surface area contributed by atoms with Gasteiger partial charge in [0.1, 0.15) is 0 Å². The molecule has 0 aromatic rings. The third-order valence-electron chi connectivity index (χ3n) is 3.99. The molecule has 4 nitrogen and oxygen atoms in total. The molecule has 0 amide bonds. The highest BCUT2D eigenvalue weighted by Crippen LogP contribution is 2.18. The first-order valence-corrected chi connectivity index (χ1v) is 7.15. The summed E-state index contributed by atoms with van der Waals surface area (Å²) in [7, 11) is 1.86. The molecule has 0 aromatic carbocycles. The molecule has 2 N–H and O–H groups in total. The average Bonchev–Trinajstić information content (AvgIpc) is 2.34. The van der Waals surface area contributed by atoms with E-state index in [-0.39, 0.29) is 0 Å². The molecule has 18 heavy (non-hydrogen) atoms. The van der Waals surface area contributed by atoms with E-state index < -0.39 is 0 Å². The summed E-state index contributed by atoms with van der Waals surface area (Å²) >= 11 is 0. The molecule has 0 spiro atoms. The van der Waals surface area contributed by atoms with Crippen molar-refractivity contribution >= 4 is 5.96 Å². The molecule has 2 rings (SSSR count). The zero-order valence-electron chi connectivity index (χ0n) is 11.5. The van der Waals surface area contributed by atoms with Gasteiger partial charge in [-0.15, -0.1) is 6.58 Å². The number of rotatable bonds is 4. The summed E-state index contributed by atoms with van der Waals surface area (Å²) in [5, 5.41) is 7.05. The summed E-state index contributed by atoms with van der Waals surface area (Å²) in [6, 6.07) is 1.22. The zero-order chi connectivity index (χ0) is 12.8. The minimum atomic E-state index is 0.567. The second-order valence-electron chi connectivity index (χ2n) is 5.35.